The van der Waals surface area contributed by atoms with E-state index in [-0.39, 0.29) is 6.42 Å². The Kier molecular flexibility index (Phi) is 4.12. The molecule has 1 fully saturated rings. The topological polar surface area (TPSA) is 40.5 Å². The number of anilines is 1. The predicted octanol–water partition coefficient (Wildman–Crippen LogP) is 3.48. The number of halogens is 1. The molecule has 1 saturated heterocycles. The van der Waals surface area contributed by atoms with Gasteiger partial charge in [-0.15, -0.1) is 0 Å². The van der Waals surface area contributed by atoms with E-state index in [0.29, 0.717) is 12.5 Å². The monoisotopic (exact) mass is 267 g/mol. The molecule has 0 radical (unpaired) electrons. The van der Waals surface area contributed by atoms with Crippen molar-refractivity contribution in [1.82, 2.24) is 0 Å². The second kappa shape index (κ2) is 5.61. The highest BCUT2D eigenvalue weighted by atomic mass is 35.5. The molecule has 0 amide bonds. The molecule has 1 aromatic rings. The van der Waals surface area contributed by atoms with Crippen LogP contribution in [0.5, 0.6) is 0 Å². The van der Waals surface area contributed by atoms with Crippen LogP contribution in [0.4, 0.5) is 5.69 Å². The van der Waals surface area contributed by atoms with Crippen LogP contribution < -0.4 is 4.90 Å². The summed E-state index contributed by atoms with van der Waals surface area (Å²) in [5.74, 6) is -0.718. The van der Waals surface area contributed by atoms with Gasteiger partial charge in [0, 0.05) is 29.7 Å². The van der Waals surface area contributed by atoms with Gasteiger partial charge in [-0.25, -0.2) is 0 Å². The Hall–Kier alpha value is -1.22. The molecule has 0 saturated carbocycles. The predicted molar refractivity (Wildman–Crippen MR) is 73.4 cm³/mol. The Morgan fingerprint density at radius 2 is 2.33 bits per heavy atom. The summed E-state index contributed by atoms with van der Waals surface area (Å²) in [6.45, 7) is 3.06. The van der Waals surface area contributed by atoms with Crippen molar-refractivity contribution in [2.24, 2.45) is 0 Å². The van der Waals surface area contributed by atoms with E-state index in [0.717, 1.165) is 30.1 Å². The summed E-state index contributed by atoms with van der Waals surface area (Å²) in [6.07, 6.45) is 3.14. The molecule has 0 spiro atoms. The van der Waals surface area contributed by atoms with Crippen molar-refractivity contribution in [3.05, 3.63) is 28.8 Å². The summed E-state index contributed by atoms with van der Waals surface area (Å²) in [5.41, 5.74) is 2.34. The fourth-order valence-corrected chi connectivity index (χ4v) is 2.80. The molecular formula is C14H18ClNO2. The van der Waals surface area contributed by atoms with Crippen LogP contribution in [-0.2, 0) is 4.79 Å². The summed E-state index contributed by atoms with van der Waals surface area (Å²) in [6, 6.07) is 6.22. The molecule has 1 unspecified atom stereocenters. The van der Waals surface area contributed by atoms with Gasteiger partial charge < -0.3 is 10.0 Å². The minimum absolute atomic E-state index is 0.237. The highest BCUT2D eigenvalue weighted by Crippen LogP contribution is 2.32. The zero-order valence-corrected chi connectivity index (χ0v) is 11.3. The number of hydrogen-bond acceptors (Lipinski definition) is 2. The molecule has 0 aromatic heterocycles. The first-order valence-corrected chi connectivity index (χ1v) is 6.70. The maximum Gasteiger partial charge on any atom is 0.303 e. The summed E-state index contributed by atoms with van der Waals surface area (Å²) >= 11 is 6.05. The smallest absolute Gasteiger partial charge is 0.303 e. The average Bonchev–Trinajstić information content (AvgIpc) is 2.77. The Bertz CT molecular complexity index is 447. The fraction of sp³-hybridized carbons (Fsp3) is 0.500. The van der Waals surface area contributed by atoms with Gasteiger partial charge in [-0.2, -0.15) is 0 Å². The van der Waals surface area contributed by atoms with Gasteiger partial charge in [0.25, 0.3) is 0 Å². The third-order valence-corrected chi connectivity index (χ3v) is 3.78. The van der Waals surface area contributed by atoms with Gasteiger partial charge in [0.15, 0.2) is 0 Å². The molecule has 2 rings (SSSR count). The van der Waals surface area contributed by atoms with E-state index in [4.69, 9.17) is 16.7 Å². The van der Waals surface area contributed by atoms with Crippen LogP contribution in [0.25, 0.3) is 0 Å². The van der Waals surface area contributed by atoms with Crippen LogP contribution in [0.2, 0.25) is 5.02 Å². The Balaban J connectivity index is 2.15. The van der Waals surface area contributed by atoms with E-state index >= 15 is 0 Å². The lowest BCUT2D eigenvalue weighted by Gasteiger charge is -2.28. The van der Waals surface area contributed by atoms with Gasteiger partial charge in [0.05, 0.1) is 0 Å². The van der Waals surface area contributed by atoms with Crippen LogP contribution in [0.1, 0.15) is 31.2 Å². The number of hydrogen-bond donors (Lipinski definition) is 1. The number of rotatable bonds is 4. The molecule has 1 aliphatic heterocycles. The van der Waals surface area contributed by atoms with E-state index in [1.807, 2.05) is 18.2 Å². The van der Waals surface area contributed by atoms with Gasteiger partial charge in [0.2, 0.25) is 0 Å². The van der Waals surface area contributed by atoms with E-state index in [9.17, 15) is 4.79 Å². The molecular weight excluding hydrogens is 250 g/mol. The second-order valence-corrected chi connectivity index (χ2v) is 5.29. The zero-order chi connectivity index (χ0) is 13.1. The van der Waals surface area contributed by atoms with Gasteiger partial charge in [-0.3, -0.25) is 4.79 Å². The van der Waals surface area contributed by atoms with Crippen molar-refractivity contribution >= 4 is 23.3 Å². The number of carbonyl (C=O) groups is 1. The van der Waals surface area contributed by atoms with Crippen LogP contribution in [-0.4, -0.2) is 23.7 Å². The van der Waals surface area contributed by atoms with Crippen LogP contribution in [0.3, 0.4) is 0 Å². The lowest BCUT2D eigenvalue weighted by atomic mass is 10.1. The minimum Gasteiger partial charge on any atom is -0.481 e. The third kappa shape index (κ3) is 2.96. The second-order valence-electron chi connectivity index (χ2n) is 4.85. The van der Waals surface area contributed by atoms with E-state index in [1.165, 1.54) is 5.56 Å². The zero-order valence-electron chi connectivity index (χ0n) is 10.5. The lowest BCUT2D eigenvalue weighted by Crippen LogP contribution is -2.30. The standard InChI is InChI=1S/C14H18ClNO2/c1-10-4-5-11(15)9-13(10)16-8-2-3-12(16)6-7-14(17)18/h4-5,9,12H,2-3,6-8H2,1H3,(H,17,18). The van der Waals surface area contributed by atoms with E-state index < -0.39 is 5.97 Å². The van der Waals surface area contributed by atoms with Crippen molar-refractivity contribution in [3.63, 3.8) is 0 Å². The minimum atomic E-state index is -0.718. The highest BCUT2D eigenvalue weighted by Gasteiger charge is 2.26. The largest absolute Gasteiger partial charge is 0.481 e. The van der Waals surface area contributed by atoms with Crippen molar-refractivity contribution in [2.75, 3.05) is 11.4 Å². The van der Waals surface area contributed by atoms with Crippen molar-refractivity contribution in [1.29, 1.82) is 0 Å². The quantitative estimate of drug-likeness (QED) is 0.908. The Labute approximate surface area is 112 Å². The maximum absolute atomic E-state index is 10.7. The average molecular weight is 268 g/mol. The summed E-state index contributed by atoms with van der Waals surface area (Å²) in [7, 11) is 0. The first-order valence-electron chi connectivity index (χ1n) is 6.32. The number of aryl methyl sites for hydroxylation is 1. The number of aliphatic carboxylic acids is 1. The molecule has 3 nitrogen and oxygen atoms in total. The first-order chi connectivity index (χ1) is 8.58. The van der Waals surface area contributed by atoms with Crippen LogP contribution in [0.15, 0.2) is 18.2 Å². The third-order valence-electron chi connectivity index (χ3n) is 3.55. The molecule has 0 bridgehead atoms. The molecule has 18 heavy (non-hydrogen) atoms. The Morgan fingerprint density at radius 3 is 3.06 bits per heavy atom. The molecule has 4 heteroatoms. The molecule has 1 aromatic carbocycles. The molecule has 1 N–H and O–H groups in total. The van der Waals surface area contributed by atoms with Crippen LogP contribution >= 0.6 is 11.6 Å². The molecule has 1 heterocycles. The van der Waals surface area contributed by atoms with Gasteiger partial charge in [-0.1, -0.05) is 17.7 Å². The number of nitrogens with zero attached hydrogens (tertiary/aromatic N) is 1. The number of carboxylic acids is 1. The fourth-order valence-electron chi connectivity index (χ4n) is 2.64. The molecule has 1 atom stereocenters. The van der Waals surface area contributed by atoms with Crippen molar-refractivity contribution in [3.8, 4) is 0 Å². The van der Waals surface area contributed by atoms with Crippen molar-refractivity contribution < 1.29 is 9.90 Å². The molecule has 0 aliphatic carbocycles. The number of carboxylic acid groups (broad SMARTS) is 1. The SMILES string of the molecule is Cc1ccc(Cl)cc1N1CCCC1CCC(=O)O. The normalized spacial score (nSPS) is 19.2. The maximum atomic E-state index is 10.7. The number of benzene rings is 1. The summed E-state index contributed by atoms with van der Waals surface area (Å²) in [5, 5.41) is 9.53. The highest BCUT2D eigenvalue weighted by molar-refractivity contribution is 6.30. The van der Waals surface area contributed by atoms with Gasteiger partial charge in [0.1, 0.15) is 0 Å². The summed E-state index contributed by atoms with van der Waals surface area (Å²) in [4.78, 5) is 13.0. The summed E-state index contributed by atoms with van der Waals surface area (Å²) < 4.78 is 0. The van der Waals surface area contributed by atoms with Gasteiger partial charge in [-0.05, 0) is 43.9 Å². The van der Waals surface area contributed by atoms with E-state index in [1.54, 1.807) is 0 Å². The van der Waals surface area contributed by atoms with E-state index in [2.05, 4.69) is 11.8 Å². The lowest BCUT2D eigenvalue weighted by molar-refractivity contribution is -0.137. The molecule has 98 valence electrons. The van der Waals surface area contributed by atoms with Crippen LogP contribution in [0, 0.1) is 6.92 Å². The van der Waals surface area contributed by atoms with Gasteiger partial charge >= 0.3 is 5.97 Å². The first kappa shape index (κ1) is 13.2. The Morgan fingerprint density at radius 1 is 1.56 bits per heavy atom. The molecule has 1 aliphatic rings. The van der Waals surface area contributed by atoms with Crippen molar-refractivity contribution in [2.45, 2.75) is 38.6 Å².